The monoisotopic (exact) mass is 472 g/mol. The predicted molar refractivity (Wildman–Crippen MR) is 120 cm³/mol. The SMILES string of the molecule is CN=C(NCc1ccccc1N1CCOCC1)N1CC(C)(C)C1(C)C.I. The van der Waals surface area contributed by atoms with Crippen molar-refractivity contribution in [3.8, 4) is 0 Å². The summed E-state index contributed by atoms with van der Waals surface area (Å²) in [4.78, 5) is 9.32. The normalized spacial score (nSPS) is 21.7. The maximum absolute atomic E-state index is 5.49. The molecule has 26 heavy (non-hydrogen) atoms. The summed E-state index contributed by atoms with van der Waals surface area (Å²) < 4.78 is 5.49. The van der Waals surface area contributed by atoms with Crippen LogP contribution in [0, 0.1) is 5.41 Å². The summed E-state index contributed by atoms with van der Waals surface area (Å²) in [6.07, 6.45) is 0. The van der Waals surface area contributed by atoms with Crippen LogP contribution >= 0.6 is 24.0 Å². The zero-order valence-corrected chi connectivity index (χ0v) is 19.0. The average Bonchev–Trinajstić information content (AvgIpc) is 2.62. The number of guanidine groups is 1. The largest absolute Gasteiger partial charge is 0.378 e. The van der Waals surface area contributed by atoms with Crippen molar-refractivity contribution in [1.82, 2.24) is 10.2 Å². The number of morpholine rings is 1. The molecule has 0 saturated carbocycles. The highest BCUT2D eigenvalue weighted by molar-refractivity contribution is 14.0. The minimum atomic E-state index is 0. The summed E-state index contributed by atoms with van der Waals surface area (Å²) in [7, 11) is 1.87. The highest BCUT2D eigenvalue weighted by Crippen LogP contribution is 2.46. The number of likely N-dealkylation sites (tertiary alicyclic amines) is 1. The fourth-order valence-electron chi connectivity index (χ4n) is 3.64. The van der Waals surface area contributed by atoms with E-state index in [0.717, 1.165) is 45.4 Å². The number of halogens is 1. The van der Waals surface area contributed by atoms with Gasteiger partial charge in [0.2, 0.25) is 0 Å². The van der Waals surface area contributed by atoms with Gasteiger partial charge in [-0.15, -0.1) is 24.0 Å². The first kappa shape index (κ1) is 21.3. The maximum Gasteiger partial charge on any atom is 0.194 e. The Labute approximate surface area is 175 Å². The van der Waals surface area contributed by atoms with Crippen molar-refractivity contribution in [1.29, 1.82) is 0 Å². The quantitative estimate of drug-likeness (QED) is 0.416. The van der Waals surface area contributed by atoms with Crippen LogP contribution in [0.1, 0.15) is 33.3 Å². The third-order valence-electron chi connectivity index (χ3n) is 6.13. The van der Waals surface area contributed by atoms with Crippen molar-refractivity contribution < 1.29 is 4.74 Å². The molecule has 2 heterocycles. The first-order valence-corrected chi connectivity index (χ1v) is 9.26. The fourth-order valence-corrected chi connectivity index (χ4v) is 3.64. The highest BCUT2D eigenvalue weighted by atomic mass is 127. The average molecular weight is 472 g/mol. The summed E-state index contributed by atoms with van der Waals surface area (Å²) in [6.45, 7) is 14.6. The summed E-state index contributed by atoms with van der Waals surface area (Å²) >= 11 is 0. The molecule has 0 unspecified atom stereocenters. The van der Waals surface area contributed by atoms with Crippen LogP contribution in [0.3, 0.4) is 0 Å². The number of rotatable bonds is 3. The van der Waals surface area contributed by atoms with Crippen molar-refractivity contribution in [2.75, 3.05) is 44.8 Å². The zero-order valence-electron chi connectivity index (χ0n) is 16.7. The van der Waals surface area contributed by atoms with Crippen molar-refractivity contribution in [2.45, 2.75) is 39.8 Å². The third-order valence-corrected chi connectivity index (χ3v) is 6.13. The van der Waals surface area contributed by atoms with Gasteiger partial charge in [0.25, 0.3) is 0 Å². The molecule has 0 aliphatic carbocycles. The number of nitrogens with one attached hydrogen (secondary N) is 1. The number of hydrogen-bond acceptors (Lipinski definition) is 3. The second-order valence-corrected chi connectivity index (χ2v) is 8.16. The Morgan fingerprint density at radius 2 is 1.81 bits per heavy atom. The number of anilines is 1. The molecule has 6 heteroatoms. The second-order valence-electron chi connectivity index (χ2n) is 8.16. The van der Waals surface area contributed by atoms with E-state index < -0.39 is 0 Å². The molecule has 1 N–H and O–H groups in total. The molecule has 0 spiro atoms. The molecule has 146 valence electrons. The minimum absolute atomic E-state index is 0. The van der Waals surface area contributed by atoms with Crippen molar-refractivity contribution in [3.63, 3.8) is 0 Å². The van der Waals surface area contributed by atoms with Crippen molar-refractivity contribution >= 4 is 35.6 Å². The topological polar surface area (TPSA) is 40.1 Å². The molecule has 2 aliphatic rings. The smallest absolute Gasteiger partial charge is 0.194 e. The van der Waals surface area contributed by atoms with Crippen LogP contribution in [0.4, 0.5) is 5.69 Å². The first-order chi connectivity index (χ1) is 11.9. The Bertz CT molecular complexity index is 638. The van der Waals surface area contributed by atoms with Gasteiger partial charge in [-0.2, -0.15) is 0 Å². The lowest BCUT2D eigenvalue weighted by Gasteiger charge is -2.62. The number of ether oxygens (including phenoxy) is 1. The Hall–Kier alpha value is -1.02. The first-order valence-electron chi connectivity index (χ1n) is 9.26. The van der Waals surface area contributed by atoms with Gasteiger partial charge in [-0.3, -0.25) is 4.99 Å². The molecule has 2 fully saturated rings. The Kier molecular flexibility index (Phi) is 6.82. The molecule has 3 rings (SSSR count). The second kappa shape index (κ2) is 8.33. The lowest BCUT2D eigenvalue weighted by Crippen LogP contribution is -2.72. The Morgan fingerprint density at radius 3 is 2.38 bits per heavy atom. The van der Waals surface area contributed by atoms with Gasteiger partial charge in [0.1, 0.15) is 0 Å². The van der Waals surface area contributed by atoms with E-state index in [1.807, 2.05) is 7.05 Å². The molecule has 0 atom stereocenters. The molecule has 0 aromatic heterocycles. The Balaban J connectivity index is 0.00000243. The van der Waals surface area contributed by atoms with Crippen LogP contribution in [-0.4, -0.2) is 56.3 Å². The number of para-hydroxylation sites is 1. The maximum atomic E-state index is 5.49. The number of nitrogens with zero attached hydrogens (tertiary/aromatic N) is 3. The molecule has 0 amide bonds. The number of benzene rings is 1. The molecular formula is C20H33IN4O. The van der Waals surface area contributed by atoms with Gasteiger partial charge in [0.05, 0.1) is 13.2 Å². The summed E-state index contributed by atoms with van der Waals surface area (Å²) in [6, 6.07) is 8.64. The molecule has 5 nitrogen and oxygen atoms in total. The third kappa shape index (κ3) is 3.96. The standard InChI is InChI=1S/C20H32N4O.HI/c1-19(2)15-24(20(19,3)4)18(21-5)22-14-16-8-6-7-9-17(16)23-10-12-25-13-11-23;/h6-9H,10-15H2,1-5H3,(H,21,22);1H. The van der Waals surface area contributed by atoms with Gasteiger partial charge in [-0.05, 0) is 25.5 Å². The van der Waals surface area contributed by atoms with E-state index in [2.05, 4.69) is 72.1 Å². The van der Waals surface area contributed by atoms with E-state index >= 15 is 0 Å². The summed E-state index contributed by atoms with van der Waals surface area (Å²) in [5, 5.41) is 3.58. The Morgan fingerprint density at radius 1 is 1.15 bits per heavy atom. The lowest BCUT2D eigenvalue weighted by atomic mass is 9.65. The molecular weight excluding hydrogens is 439 g/mol. The van der Waals surface area contributed by atoms with Gasteiger partial charge >= 0.3 is 0 Å². The minimum Gasteiger partial charge on any atom is -0.378 e. The lowest BCUT2D eigenvalue weighted by molar-refractivity contribution is -0.0667. The van der Waals surface area contributed by atoms with Gasteiger partial charge in [0, 0.05) is 49.9 Å². The summed E-state index contributed by atoms with van der Waals surface area (Å²) in [5.74, 6) is 0.987. The highest BCUT2D eigenvalue weighted by Gasteiger charge is 2.53. The van der Waals surface area contributed by atoms with Crippen LogP contribution < -0.4 is 10.2 Å². The van der Waals surface area contributed by atoms with E-state index in [1.54, 1.807) is 0 Å². The van der Waals surface area contributed by atoms with E-state index in [1.165, 1.54) is 11.3 Å². The summed E-state index contributed by atoms with van der Waals surface area (Å²) in [5.41, 5.74) is 3.02. The van der Waals surface area contributed by atoms with E-state index in [0.29, 0.717) is 5.41 Å². The zero-order chi connectivity index (χ0) is 18.1. The number of hydrogen-bond donors (Lipinski definition) is 1. The molecule has 2 saturated heterocycles. The van der Waals surface area contributed by atoms with E-state index in [4.69, 9.17) is 4.74 Å². The van der Waals surface area contributed by atoms with Gasteiger partial charge < -0.3 is 19.9 Å². The van der Waals surface area contributed by atoms with E-state index in [9.17, 15) is 0 Å². The fraction of sp³-hybridized carbons (Fsp3) is 0.650. The van der Waals surface area contributed by atoms with Crippen LogP contribution in [-0.2, 0) is 11.3 Å². The molecule has 1 aromatic rings. The van der Waals surface area contributed by atoms with Gasteiger partial charge in [-0.1, -0.05) is 32.0 Å². The van der Waals surface area contributed by atoms with Gasteiger partial charge in [0.15, 0.2) is 5.96 Å². The van der Waals surface area contributed by atoms with Crippen LogP contribution in [0.5, 0.6) is 0 Å². The molecule has 0 bridgehead atoms. The van der Waals surface area contributed by atoms with Crippen LogP contribution in [0.2, 0.25) is 0 Å². The van der Waals surface area contributed by atoms with Crippen molar-refractivity contribution in [3.05, 3.63) is 29.8 Å². The molecule has 1 aromatic carbocycles. The van der Waals surface area contributed by atoms with E-state index in [-0.39, 0.29) is 29.5 Å². The molecule has 2 aliphatic heterocycles. The van der Waals surface area contributed by atoms with Crippen LogP contribution in [0.15, 0.2) is 29.3 Å². The van der Waals surface area contributed by atoms with Crippen LogP contribution in [0.25, 0.3) is 0 Å². The van der Waals surface area contributed by atoms with Crippen molar-refractivity contribution in [2.24, 2.45) is 10.4 Å². The predicted octanol–water partition coefficient (Wildman–Crippen LogP) is 3.34. The molecule has 0 radical (unpaired) electrons. The number of aliphatic imine (C=N–C) groups is 1. The van der Waals surface area contributed by atoms with Gasteiger partial charge in [-0.25, -0.2) is 0 Å².